The molecule has 0 aliphatic heterocycles. The van der Waals surface area contributed by atoms with Crippen LogP contribution in [-0.2, 0) is 0 Å². The normalized spacial score (nSPS) is 11.8. The van der Waals surface area contributed by atoms with E-state index >= 15 is 0 Å². The summed E-state index contributed by atoms with van der Waals surface area (Å²) in [6, 6.07) is 64.5. The Kier molecular flexibility index (Phi) is 6.52. The maximum Gasteiger partial charge on any atom is 0.164 e. The maximum absolute atomic E-state index is 5.21. The van der Waals surface area contributed by atoms with Crippen LogP contribution in [0.4, 0.5) is 0 Å². The predicted octanol–water partition coefficient (Wildman–Crippen LogP) is 12.6. The zero-order valence-corrected chi connectivity index (χ0v) is 28.6. The van der Waals surface area contributed by atoms with Gasteiger partial charge in [0, 0.05) is 38.5 Å². The van der Waals surface area contributed by atoms with Gasteiger partial charge in [0.15, 0.2) is 17.5 Å². The molecule has 0 unspecified atom stereocenters. The fourth-order valence-corrected chi connectivity index (χ4v) is 8.18. The van der Waals surface area contributed by atoms with Crippen molar-refractivity contribution in [3.63, 3.8) is 0 Å². The molecule has 0 saturated heterocycles. The molecule has 11 rings (SSSR count). The summed E-state index contributed by atoms with van der Waals surface area (Å²) in [5.41, 5.74) is 6.22. The van der Waals surface area contributed by atoms with Gasteiger partial charge in [0.2, 0.25) is 0 Å². The highest BCUT2D eigenvalue weighted by molar-refractivity contribution is 6.25. The molecule has 0 aliphatic carbocycles. The summed E-state index contributed by atoms with van der Waals surface area (Å²) in [5.74, 6) is 1.91. The van der Waals surface area contributed by atoms with E-state index in [0.717, 1.165) is 27.9 Å². The number of aromatic nitrogens is 4. The molecule has 0 fully saturated rings. The van der Waals surface area contributed by atoms with E-state index in [1.54, 1.807) is 0 Å². The fraction of sp³-hybridized carbons (Fsp3) is 0. The molecule has 0 saturated carbocycles. The molecule has 0 aliphatic rings. The summed E-state index contributed by atoms with van der Waals surface area (Å²) >= 11 is 0. The Morgan fingerprint density at radius 3 is 1.53 bits per heavy atom. The molecular formula is C49H30N4. The molecule has 246 valence electrons. The van der Waals surface area contributed by atoms with Gasteiger partial charge in [-0.05, 0) is 62.0 Å². The van der Waals surface area contributed by atoms with Crippen LogP contribution in [0.25, 0.3) is 105 Å². The van der Waals surface area contributed by atoms with Gasteiger partial charge in [-0.25, -0.2) is 15.0 Å². The first-order valence-corrected chi connectivity index (χ1v) is 18.0. The second-order valence-electron chi connectivity index (χ2n) is 13.6. The number of fused-ring (bicyclic) bond motifs is 11. The number of hydrogen-bond donors (Lipinski definition) is 0. The first-order chi connectivity index (χ1) is 26.3. The quantitative estimate of drug-likeness (QED) is 0.175. The average Bonchev–Trinajstić information content (AvgIpc) is 3.59. The summed E-state index contributed by atoms with van der Waals surface area (Å²) in [4.78, 5) is 15.4. The number of benzene rings is 9. The lowest BCUT2D eigenvalue weighted by Crippen LogP contribution is -2.01. The zero-order chi connectivity index (χ0) is 34.9. The highest BCUT2D eigenvalue weighted by atomic mass is 15.0. The maximum atomic E-state index is 5.21. The van der Waals surface area contributed by atoms with Crippen molar-refractivity contribution in [3.8, 4) is 39.9 Å². The van der Waals surface area contributed by atoms with Crippen molar-refractivity contribution >= 4 is 64.9 Å². The molecule has 0 spiro atoms. The molecule has 2 aromatic heterocycles. The van der Waals surface area contributed by atoms with Crippen molar-refractivity contribution in [2.24, 2.45) is 0 Å². The average molecular weight is 675 g/mol. The minimum atomic E-state index is 0.629. The van der Waals surface area contributed by atoms with Gasteiger partial charge in [0.25, 0.3) is 0 Å². The largest absolute Gasteiger partial charge is 0.309 e. The Morgan fingerprint density at radius 2 is 0.811 bits per heavy atom. The first kappa shape index (κ1) is 29.5. The molecule has 0 atom stereocenters. The second kappa shape index (κ2) is 11.7. The molecule has 11 aromatic rings. The molecule has 2 heterocycles. The van der Waals surface area contributed by atoms with Crippen molar-refractivity contribution in [2.45, 2.75) is 0 Å². The van der Waals surface area contributed by atoms with E-state index in [0.29, 0.717) is 17.5 Å². The van der Waals surface area contributed by atoms with Crippen molar-refractivity contribution < 1.29 is 0 Å². The Labute approximate surface area is 305 Å². The highest BCUT2D eigenvalue weighted by Gasteiger charge is 2.18. The minimum Gasteiger partial charge on any atom is -0.309 e. The molecule has 0 bridgehead atoms. The number of rotatable bonds is 4. The number of nitrogens with zero attached hydrogens (tertiary/aromatic N) is 4. The van der Waals surface area contributed by atoms with Gasteiger partial charge < -0.3 is 4.57 Å². The fourth-order valence-electron chi connectivity index (χ4n) is 8.18. The van der Waals surface area contributed by atoms with Crippen LogP contribution in [0, 0.1) is 0 Å². The van der Waals surface area contributed by atoms with E-state index in [4.69, 9.17) is 15.0 Å². The van der Waals surface area contributed by atoms with Crippen molar-refractivity contribution in [2.75, 3.05) is 0 Å². The predicted molar refractivity (Wildman–Crippen MR) is 220 cm³/mol. The van der Waals surface area contributed by atoms with E-state index in [9.17, 15) is 0 Å². The van der Waals surface area contributed by atoms with Crippen LogP contribution >= 0.6 is 0 Å². The minimum absolute atomic E-state index is 0.629. The molecule has 53 heavy (non-hydrogen) atoms. The van der Waals surface area contributed by atoms with Crippen molar-refractivity contribution in [3.05, 3.63) is 182 Å². The molecule has 4 nitrogen and oxygen atoms in total. The van der Waals surface area contributed by atoms with Gasteiger partial charge in [0.1, 0.15) is 0 Å². The van der Waals surface area contributed by atoms with Crippen LogP contribution < -0.4 is 0 Å². The first-order valence-electron chi connectivity index (χ1n) is 18.0. The van der Waals surface area contributed by atoms with E-state index < -0.39 is 0 Å². The summed E-state index contributed by atoms with van der Waals surface area (Å²) in [7, 11) is 0. The SMILES string of the molecule is c1ccc(-c2nc(-c3cccc(-n4c5ccccc5c5ccc6ccccc6c54)c3)nc(-c3ccc4c5ccccc5c5ccccc5c4c3)n2)cc1. The summed E-state index contributed by atoms with van der Waals surface area (Å²) in [6.45, 7) is 0. The summed E-state index contributed by atoms with van der Waals surface area (Å²) in [6.07, 6.45) is 0. The monoisotopic (exact) mass is 674 g/mol. The second-order valence-corrected chi connectivity index (χ2v) is 13.6. The molecule has 0 radical (unpaired) electrons. The lowest BCUT2D eigenvalue weighted by atomic mass is 9.93. The van der Waals surface area contributed by atoms with Gasteiger partial charge >= 0.3 is 0 Å². The van der Waals surface area contributed by atoms with E-state index in [1.165, 1.54) is 59.4 Å². The molecule has 0 amide bonds. The topological polar surface area (TPSA) is 43.6 Å². The van der Waals surface area contributed by atoms with Gasteiger partial charge in [0.05, 0.1) is 11.0 Å². The van der Waals surface area contributed by atoms with E-state index in [2.05, 4.69) is 168 Å². The number of hydrogen-bond acceptors (Lipinski definition) is 3. The van der Waals surface area contributed by atoms with Gasteiger partial charge in [-0.15, -0.1) is 0 Å². The van der Waals surface area contributed by atoms with Crippen LogP contribution in [0.15, 0.2) is 182 Å². The third kappa shape index (κ3) is 4.66. The Bertz CT molecular complexity index is 3200. The lowest BCUT2D eigenvalue weighted by molar-refractivity contribution is 1.07. The van der Waals surface area contributed by atoms with Crippen LogP contribution in [0.5, 0.6) is 0 Å². The van der Waals surface area contributed by atoms with Crippen molar-refractivity contribution in [1.29, 1.82) is 0 Å². The van der Waals surface area contributed by atoms with Crippen LogP contribution in [-0.4, -0.2) is 19.5 Å². The van der Waals surface area contributed by atoms with E-state index in [1.807, 2.05) is 18.2 Å². The zero-order valence-electron chi connectivity index (χ0n) is 28.6. The van der Waals surface area contributed by atoms with Gasteiger partial charge in [-0.1, -0.05) is 158 Å². The molecule has 9 aromatic carbocycles. The third-order valence-electron chi connectivity index (χ3n) is 10.6. The standard InChI is InChI=1S/C49H30N4/c1-2-14-32(15-3-1)47-50-48(52-49(51-47)34-26-27-41-39-21-7-6-19-37(39)38-20-8-9-22-40(38)44(41)30-34)33-16-12-17-35(29-33)53-45-24-11-10-23-42(45)43-28-25-31-13-4-5-18-36(31)46(43)53/h1-30H. The Hall–Kier alpha value is -7.17. The van der Waals surface area contributed by atoms with E-state index in [-0.39, 0.29) is 0 Å². The lowest BCUT2D eigenvalue weighted by Gasteiger charge is -2.13. The summed E-state index contributed by atoms with van der Waals surface area (Å²) < 4.78 is 2.38. The Morgan fingerprint density at radius 1 is 0.302 bits per heavy atom. The van der Waals surface area contributed by atoms with Crippen molar-refractivity contribution in [1.82, 2.24) is 19.5 Å². The third-order valence-corrected chi connectivity index (χ3v) is 10.6. The smallest absolute Gasteiger partial charge is 0.164 e. The van der Waals surface area contributed by atoms with Crippen LogP contribution in [0.3, 0.4) is 0 Å². The molecule has 4 heteroatoms. The summed E-state index contributed by atoms with van der Waals surface area (Å²) in [5, 5.41) is 12.2. The van der Waals surface area contributed by atoms with Crippen LogP contribution in [0.1, 0.15) is 0 Å². The molecular weight excluding hydrogens is 645 g/mol. The molecule has 0 N–H and O–H groups in total. The van der Waals surface area contributed by atoms with Crippen LogP contribution in [0.2, 0.25) is 0 Å². The highest BCUT2D eigenvalue weighted by Crippen LogP contribution is 2.39. The Balaban J connectivity index is 1.14. The number of para-hydroxylation sites is 1. The van der Waals surface area contributed by atoms with Gasteiger partial charge in [-0.2, -0.15) is 0 Å². The van der Waals surface area contributed by atoms with Gasteiger partial charge in [-0.3, -0.25) is 0 Å².